The molecular formula is C25H21IN2O4. The molecule has 0 aliphatic carbocycles. The molecule has 3 aromatic rings. The molecule has 1 aliphatic rings. The summed E-state index contributed by atoms with van der Waals surface area (Å²) < 4.78 is 6.48. The van der Waals surface area contributed by atoms with Gasteiger partial charge in [-0.2, -0.15) is 0 Å². The summed E-state index contributed by atoms with van der Waals surface area (Å²) in [5.74, 6) is -0.00731. The van der Waals surface area contributed by atoms with Gasteiger partial charge in [0.15, 0.2) is 0 Å². The lowest BCUT2D eigenvalue weighted by Gasteiger charge is -2.24. The molecule has 4 rings (SSSR count). The average molecular weight is 540 g/mol. The maximum atomic E-state index is 12.2. The summed E-state index contributed by atoms with van der Waals surface area (Å²) in [6, 6.07) is 16.4. The summed E-state index contributed by atoms with van der Waals surface area (Å²) in [5, 5.41) is 14.3. The van der Waals surface area contributed by atoms with E-state index in [4.69, 9.17) is 4.74 Å². The number of carbonyl (C=O) groups is 2. The first-order valence-electron chi connectivity index (χ1n) is 9.85. The summed E-state index contributed by atoms with van der Waals surface area (Å²) in [4.78, 5) is 26.0. The molecule has 1 aliphatic heterocycles. The van der Waals surface area contributed by atoms with Gasteiger partial charge in [0.2, 0.25) is 5.91 Å². The first kappa shape index (κ1) is 21.9. The number of nitrogens with one attached hydrogen (secondary N) is 1. The fourth-order valence-electron chi connectivity index (χ4n) is 3.70. The summed E-state index contributed by atoms with van der Waals surface area (Å²) in [6.45, 7) is 3.99. The Morgan fingerprint density at radius 3 is 2.47 bits per heavy atom. The number of halogens is 1. The molecule has 0 radical (unpaired) electrons. The van der Waals surface area contributed by atoms with Crippen molar-refractivity contribution in [2.24, 2.45) is 0 Å². The number of benzene rings is 3. The van der Waals surface area contributed by atoms with Crippen LogP contribution in [0.4, 0.5) is 11.4 Å². The van der Waals surface area contributed by atoms with Crippen LogP contribution in [-0.2, 0) is 4.79 Å². The van der Waals surface area contributed by atoms with Gasteiger partial charge in [-0.3, -0.25) is 4.79 Å². The number of alkyl halides is 1. The zero-order valence-electron chi connectivity index (χ0n) is 17.6. The molecule has 0 unspecified atom stereocenters. The van der Waals surface area contributed by atoms with Crippen LogP contribution in [0.2, 0.25) is 0 Å². The molecule has 0 bridgehead atoms. The zero-order chi connectivity index (χ0) is 23.0. The highest BCUT2D eigenvalue weighted by molar-refractivity contribution is 14.1. The number of aromatic carboxylic acids is 1. The smallest absolute Gasteiger partial charge is 0.336 e. The third-order valence-electron chi connectivity index (χ3n) is 5.21. The number of rotatable bonds is 5. The fraction of sp³-hybridized carbons (Fsp3) is 0.120. The normalized spacial score (nSPS) is 11.8. The van der Waals surface area contributed by atoms with Gasteiger partial charge < -0.3 is 20.1 Å². The lowest BCUT2D eigenvalue weighted by Crippen LogP contribution is -2.21. The van der Waals surface area contributed by atoms with Crippen LogP contribution < -0.4 is 25.4 Å². The van der Waals surface area contributed by atoms with Gasteiger partial charge in [-0.05, 0) is 41.1 Å². The fourth-order valence-corrected chi connectivity index (χ4v) is 3.89. The molecule has 162 valence electrons. The highest BCUT2D eigenvalue weighted by Crippen LogP contribution is 2.39. The SMILES string of the molecule is C=c1ccc2c(c1)Oc1cc(N(C)C)ccc1C=2c1ccc(NC(=O)CI)cc1C(=O)O. The number of nitrogens with zero attached hydrogens (tertiary/aromatic N) is 1. The molecular weight excluding hydrogens is 519 g/mol. The van der Waals surface area contributed by atoms with Crippen LogP contribution in [0, 0.1) is 0 Å². The molecule has 1 amide bonds. The Hall–Kier alpha value is -3.33. The number of ether oxygens (including phenoxy) is 1. The van der Waals surface area contributed by atoms with Crippen molar-refractivity contribution < 1.29 is 19.4 Å². The molecule has 0 fully saturated rings. The van der Waals surface area contributed by atoms with Crippen molar-refractivity contribution in [2.75, 3.05) is 28.7 Å². The van der Waals surface area contributed by atoms with Crippen molar-refractivity contribution in [3.8, 4) is 11.5 Å². The molecule has 0 atom stereocenters. The minimum absolute atomic E-state index is 0.0976. The van der Waals surface area contributed by atoms with Crippen LogP contribution in [-0.4, -0.2) is 35.5 Å². The van der Waals surface area contributed by atoms with Crippen molar-refractivity contribution in [1.82, 2.24) is 0 Å². The van der Waals surface area contributed by atoms with Gasteiger partial charge in [-0.25, -0.2) is 4.79 Å². The second-order valence-corrected chi connectivity index (χ2v) is 8.39. The van der Waals surface area contributed by atoms with Crippen LogP contribution in [0.5, 0.6) is 11.5 Å². The summed E-state index contributed by atoms with van der Waals surface area (Å²) in [6.07, 6.45) is 0. The lowest BCUT2D eigenvalue weighted by atomic mass is 9.89. The van der Waals surface area contributed by atoms with Crippen molar-refractivity contribution >= 4 is 58.0 Å². The largest absolute Gasteiger partial charge is 0.478 e. The zero-order valence-corrected chi connectivity index (χ0v) is 19.8. The van der Waals surface area contributed by atoms with Crippen LogP contribution >= 0.6 is 22.6 Å². The topological polar surface area (TPSA) is 78.9 Å². The molecule has 6 nitrogen and oxygen atoms in total. The van der Waals surface area contributed by atoms with Gasteiger partial charge in [0.05, 0.1) is 9.99 Å². The van der Waals surface area contributed by atoms with Crippen LogP contribution in [0.25, 0.3) is 12.2 Å². The molecule has 0 spiro atoms. The first-order chi connectivity index (χ1) is 15.3. The molecule has 3 aromatic carbocycles. The van der Waals surface area contributed by atoms with Crippen molar-refractivity contribution in [3.05, 3.63) is 81.7 Å². The van der Waals surface area contributed by atoms with E-state index >= 15 is 0 Å². The van der Waals surface area contributed by atoms with E-state index in [1.54, 1.807) is 12.1 Å². The van der Waals surface area contributed by atoms with Crippen LogP contribution in [0.3, 0.4) is 0 Å². The predicted octanol–water partition coefficient (Wildman–Crippen LogP) is 3.59. The lowest BCUT2D eigenvalue weighted by molar-refractivity contribution is -0.113. The molecule has 0 saturated heterocycles. The van der Waals surface area contributed by atoms with Crippen molar-refractivity contribution in [2.45, 2.75) is 0 Å². The minimum Gasteiger partial charge on any atom is -0.478 e. The first-order valence-corrected chi connectivity index (χ1v) is 11.4. The highest BCUT2D eigenvalue weighted by atomic mass is 127. The van der Waals surface area contributed by atoms with Gasteiger partial charge in [0.25, 0.3) is 0 Å². The minimum atomic E-state index is -1.08. The predicted molar refractivity (Wildman–Crippen MR) is 135 cm³/mol. The average Bonchev–Trinajstić information content (AvgIpc) is 2.76. The Labute approximate surface area is 199 Å². The molecule has 7 heteroatoms. The Morgan fingerprint density at radius 1 is 1.03 bits per heavy atom. The molecule has 1 heterocycles. The van der Waals surface area contributed by atoms with E-state index in [9.17, 15) is 14.7 Å². The number of carboxylic acids is 1. The monoisotopic (exact) mass is 540 g/mol. The number of anilines is 2. The Kier molecular flexibility index (Phi) is 5.92. The van der Waals surface area contributed by atoms with Crippen LogP contribution in [0.1, 0.15) is 21.5 Å². The molecule has 2 N–H and O–H groups in total. The second kappa shape index (κ2) is 8.66. The van der Waals surface area contributed by atoms with Gasteiger partial charge in [0.1, 0.15) is 11.5 Å². The third-order valence-corrected chi connectivity index (χ3v) is 5.90. The summed E-state index contributed by atoms with van der Waals surface area (Å²) >= 11 is 1.96. The highest BCUT2D eigenvalue weighted by Gasteiger charge is 2.24. The molecule has 0 aromatic heterocycles. The maximum Gasteiger partial charge on any atom is 0.336 e. The van der Waals surface area contributed by atoms with E-state index in [2.05, 4.69) is 11.9 Å². The Morgan fingerprint density at radius 2 is 1.78 bits per heavy atom. The molecule has 0 saturated carbocycles. The number of hydrogen-bond acceptors (Lipinski definition) is 4. The number of carbonyl (C=O) groups excluding carboxylic acids is 1. The van der Waals surface area contributed by atoms with Crippen LogP contribution in [0.15, 0.2) is 54.6 Å². The van der Waals surface area contributed by atoms with E-state index in [-0.39, 0.29) is 15.9 Å². The summed E-state index contributed by atoms with van der Waals surface area (Å²) in [5.41, 5.74) is 3.61. The second-order valence-electron chi connectivity index (χ2n) is 7.63. The number of amides is 1. The number of hydrogen-bond donors (Lipinski definition) is 2. The quantitative estimate of drug-likeness (QED) is 0.299. The van der Waals surface area contributed by atoms with E-state index < -0.39 is 5.97 Å². The summed E-state index contributed by atoms with van der Waals surface area (Å²) in [7, 11) is 3.89. The van der Waals surface area contributed by atoms with Crippen molar-refractivity contribution in [1.29, 1.82) is 0 Å². The standard InChI is InChI=1S/C25H21IN2O4/c1-14-4-7-18-21(10-14)32-22-12-16(28(2)3)6-9-19(22)24(18)17-8-5-15(27-23(29)13-26)11-20(17)25(30)31/h4-12H,1,13H2,2-3H3,(H,27,29)(H,30,31). The van der Waals surface area contributed by atoms with Gasteiger partial charge in [-0.1, -0.05) is 47.4 Å². The van der Waals surface area contributed by atoms with Gasteiger partial charge in [0, 0.05) is 47.9 Å². The molecule has 32 heavy (non-hydrogen) atoms. The number of fused-ring (bicyclic) bond motifs is 2. The van der Waals surface area contributed by atoms with E-state index in [0.29, 0.717) is 22.7 Å². The third kappa shape index (κ3) is 4.08. The van der Waals surface area contributed by atoms with E-state index in [1.165, 1.54) is 6.07 Å². The maximum absolute atomic E-state index is 12.2. The van der Waals surface area contributed by atoms with E-state index in [0.717, 1.165) is 27.3 Å². The van der Waals surface area contributed by atoms with Gasteiger partial charge in [-0.15, -0.1) is 0 Å². The van der Waals surface area contributed by atoms with Crippen molar-refractivity contribution in [3.63, 3.8) is 0 Å². The van der Waals surface area contributed by atoms with Gasteiger partial charge >= 0.3 is 5.97 Å². The number of carboxylic acid groups (broad SMARTS) is 1. The Balaban J connectivity index is 2.01. The van der Waals surface area contributed by atoms with E-state index in [1.807, 2.05) is 78.0 Å². The Bertz CT molecular complexity index is 1360.